The molecule has 92 valence electrons. The van der Waals surface area contributed by atoms with Gasteiger partial charge in [-0.15, -0.1) is 0 Å². The number of urea groups is 1. The Labute approximate surface area is 94.3 Å². The molecule has 2 unspecified atom stereocenters. The first-order chi connectivity index (χ1) is 7.43. The Bertz CT molecular complexity index is 274. The quantitative estimate of drug-likeness (QED) is 0.652. The van der Waals surface area contributed by atoms with Gasteiger partial charge in [0, 0.05) is 6.61 Å². The topological polar surface area (TPSA) is 87.7 Å². The molecule has 0 spiro atoms. The fourth-order valence-corrected chi connectivity index (χ4v) is 1.60. The Hall–Kier alpha value is -1.30. The highest BCUT2D eigenvalue weighted by molar-refractivity contribution is 5.82. The number of hydrogen-bond donors (Lipinski definition) is 3. The predicted molar refractivity (Wildman–Crippen MR) is 57.2 cm³/mol. The number of hydrogen-bond acceptors (Lipinski definition) is 3. The van der Waals surface area contributed by atoms with Crippen LogP contribution in [0.3, 0.4) is 0 Å². The molecule has 1 fully saturated rings. The van der Waals surface area contributed by atoms with Crippen LogP contribution < -0.4 is 10.6 Å². The van der Waals surface area contributed by atoms with Crippen LogP contribution in [0.4, 0.5) is 4.79 Å². The van der Waals surface area contributed by atoms with E-state index in [-0.39, 0.29) is 0 Å². The van der Waals surface area contributed by atoms with Gasteiger partial charge in [-0.25, -0.2) is 4.79 Å². The van der Waals surface area contributed by atoms with Gasteiger partial charge in [0.15, 0.2) is 0 Å². The van der Waals surface area contributed by atoms with Crippen LogP contribution in [-0.4, -0.2) is 41.9 Å². The lowest BCUT2D eigenvalue weighted by Gasteiger charge is -2.34. The summed E-state index contributed by atoms with van der Waals surface area (Å²) in [5.41, 5.74) is -0.402. The highest BCUT2D eigenvalue weighted by atomic mass is 16.5. The first-order valence-electron chi connectivity index (χ1n) is 5.32. The van der Waals surface area contributed by atoms with Crippen LogP contribution in [0.1, 0.15) is 26.7 Å². The number of rotatable bonds is 3. The maximum Gasteiger partial charge on any atom is 0.325 e. The highest BCUT2D eigenvalue weighted by Crippen LogP contribution is 2.17. The van der Waals surface area contributed by atoms with Gasteiger partial charge in [0.25, 0.3) is 0 Å². The average Bonchev–Trinajstić information content (AvgIpc) is 2.17. The van der Waals surface area contributed by atoms with Crippen molar-refractivity contribution in [1.29, 1.82) is 0 Å². The summed E-state index contributed by atoms with van der Waals surface area (Å²) in [6.45, 7) is 4.48. The second-order valence-electron chi connectivity index (χ2n) is 4.38. The first-order valence-corrected chi connectivity index (χ1v) is 5.32. The molecule has 1 aliphatic rings. The van der Waals surface area contributed by atoms with Gasteiger partial charge < -0.3 is 20.5 Å². The number of carboxylic acids is 1. The number of carbonyl (C=O) groups excluding carboxylic acids is 1. The van der Waals surface area contributed by atoms with Crippen molar-refractivity contribution in [2.75, 3.05) is 13.2 Å². The lowest BCUT2D eigenvalue weighted by Crippen LogP contribution is -2.56. The van der Waals surface area contributed by atoms with E-state index in [1.807, 2.05) is 6.92 Å². The van der Waals surface area contributed by atoms with E-state index in [2.05, 4.69) is 10.6 Å². The van der Waals surface area contributed by atoms with Crippen LogP contribution in [0.25, 0.3) is 0 Å². The molecule has 2 atom stereocenters. The smallest absolute Gasteiger partial charge is 0.325 e. The van der Waals surface area contributed by atoms with Gasteiger partial charge in [-0.2, -0.15) is 0 Å². The molecule has 0 aromatic rings. The third kappa shape index (κ3) is 3.69. The summed E-state index contributed by atoms with van der Waals surface area (Å²) in [5, 5.41) is 13.7. The van der Waals surface area contributed by atoms with Gasteiger partial charge in [0.2, 0.25) is 0 Å². The maximum atomic E-state index is 11.5. The van der Waals surface area contributed by atoms with Gasteiger partial charge in [-0.3, -0.25) is 4.79 Å². The molecule has 16 heavy (non-hydrogen) atoms. The molecule has 0 aromatic heterocycles. The van der Waals surface area contributed by atoms with Crippen LogP contribution in [0.5, 0.6) is 0 Å². The van der Waals surface area contributed by atoms with Gasteiger partial charge in [0.05, 0.1) is 12.1 Å². The fraction of sp³-hybridized carbons (Fsp3) is 0.800. The second-order valence-corrected chi connectivity index (χ2v) is 4.38. The normalized spacial score (nSPS) is 26.9. The predicted octanol–water partition coefficient (Wildman–Crippen LogP) is 0.328. The Morgan fingerprint density at radius 2 is 2.19 bits per heavy atom. The third-order valence-corrected chi connectivity index (χ3v) is 2.57. The van der Waals surface area contributed by atoms with Gasteiger partial charge in [-0.05, 0) is 26.7 Å². The van der Waals surface area contributed by atoms with Crippen LogP contribution in [-0.2, 0) is 9.53 Å². The number of carboxylic acid groups (broad SMARTS) is 1. The summed E-state index contributed by atoms with van der Waals surface area (Å²) in [5.74, 6) is -1.06. The molecular formula is C10H18N2O4. The molecule has 3 N–H and O–H groups in total. The summed E-state index contributed by atoms with van der Waals surface area (Å²) < 4.78 is 5.28. The van der Waals surface area contributed by atoms with E-state index >= 15 is 0 Å². The second kappa shape index (κ2) is 5.16. The van der Waals surface area contributed by atoms with Crippen molar-refractivity contribution in [1.82, 2.24) is 10.6 Å². The van der Waals surface area contributed by atoms with Crippen molar-refractivity contribution in [2.45, 2.75) is 38.3 Å². The van der Waals surface area contributed by atoms with Crippen LogP contribution >= 0.6 is 0 Å². The van der Waals surface area contributed by atoms with E-state index < -0.39 is 23.6 Å². The van der Waals surface area contributed by atoms with Gasteiger partial charge >= 0.3 is 12.0 Å². The molecule has 6 heteroatoms. The molecule has 0 saturated carbocycles. The minimum Gasteiger partial charge on any atom is -0.480 e. The van der Waals surface area contributed by atoms with E-state index in [0.29, 0.717) is 13.2 Å². The van der Waals surface area contributed by atoms with E-state index in [0.717, 1.165) is 12.8 Å². The fourth-order valence-electron chi connectivity index (χ4n) is 1.60. The van der Waals surface area contributed by atoms with E-state index in [9.17, 15) is 9.59 Å². The van der Waals surface area contributed by atoms with Crippen molar-refractivity contribution < 1.29 is 19.4 Å². The number of carbonyl (C=O) groups is 2. The van der Waals surface area contributed by atoms with Gasteiger partial charge in [0.1, 0.15) is 6.04 Å². The molecular weight excluding hydrogens is 212 g/mol. The number of aliphatic carboxylic acids is 1. The molecule has 0 radical (unpaired) electrons. The molecule has 6 nitrogen and oxygen atoms in total. The largest absolute Gasteiger partial charge is 0.480 e. The van der Waals surface area contributed by atoms with Crippen LogP contribution in [0.2, 0.25) is 0 Å². The summed E-state index contributed by atoms with van der Waals surface area (Å²) in [6.07, 6.45) is 1.73. The molecule has 0 aliphatic carbocycles. The third-order valence-electron chi connectivity index (χ3n) is 2.57. The monoisotopic (exact) mass is 230 g/mol. The van der Waals surface area contributed by atoms with E-state index in [4.69, 9.17) is 9.84 Å². The highest BCUT2D eigenvalue weighted by Gasteiger charge is 2.29. The Morgan fingerprint density at radius 3 is 2.69 bits per heavy atom. The zero-order valence-corrected chi connectivity index (χ0v) is 9.58. The lowest BCUT2D eigenvalue weighted by atomic mass is 9.95. The number of nitrogens with one attached hydrogen (secondary N) is 2. The molecule has 0 aromatic carbocycles. The van der Waals surface area contributed by atoms with Crippen molar-refractivity contribution >= 4 is 12.0 Å². The molecule has 1 saturated heterocycles. The summed E-state index contributed by atoms with van der Waals surface area (Å²) in [7, 11) is 0. The average molecular weight is 230 g/mol. The number of ether oxygens (including phenoxy) is 1. The molecule has 1 rings (SSSR count). The van der Waals surface area contributed by atoms with Gasteiger partial charge in [-0.1, -0.05) is 0 Å². The van der Waals surface area contributed by atoms with Crippen molar-refractivity contribution in [3.63, 3.8) is 0 Å². The van der Waals surface area contributed by atoms with Crippen molar-refractivity contribution in [3.8, 4) is 0 Å². The van der Waals surface area contributed by atoms with Crippen LogP contribution in [0, 0.1) is 0 Å². The molecule has 1 heterocycles. The molecule has 1 aliphatic heterocycles. The van der Waals surface area contributed by atoms with Crippen LogP contribution in [0.15, 0.2) is 0 Å². The minimum atomic E-state index is -1.06. The van der Waals surface area contributed by atoms with Crippen molar-refractivity contribution in [2.24, 2.45) is 0 Å². The standard InChI is InChI=1S/C10H18N2O4/c1-7(8(13)14)11-9(15)12-10(2)4-3-5-16-6-10/h7H,3-6H2,1-2H3,(H,13,14)(H2,11,12,15). The summed E-state index contributed by atoms with van der Waals surface area (Å²) in [6, 6.07) is -1.36. The van der Waals surface area contributed by atoms with Crippen molar-refractivity contribution in [3.05, 3.63) is 0 Å². The SMILES string of the molecule is CC(NC(=O)NC1(C)CCCOC1)C(=O)O. The lowest BCUT2D eigenvalue weighted by molar-refractivity contribution is -0.138. The maximum absolute atomic E-state index is 11.5. The molecule has 2 amide bonds. The summed E-state index contributed by atoms with van der Waals surface area (Å²) in [4.78, 5) is 22.0. The minimum absolute atomic E-state index is 0.402. The first kappa shape index (κ1) is 12.8. The Balaban J connectivity index is 2.41. The zero-order valence-electron chi connectivity index (χ0n) is 9.58. The van der Waals surface area contributed by atoms with E-state index in [1.165, 1.54) is 6.92 Å². The summed E-state index contributed by atoms with van der Waals surface area (Å²) >= 11 is 0. The zero-order chi connectivity index (χ0) is 12.2. The molecule has 0 bridgehead atoms. The Kier molecular flexibility index (Phi) is 4.12. The Morgan fingerprint density at radius 1 is 1.50 bits per heavy atom. The number of amides is 2. The van der Waals surface area contributed by atoms with E-state index in [1.54, 1.807) is 0 Å².